The van der Waals surface area contributed by atoms with Gasteiger partial charge in [0.15, 0.2) is 0 Å². The highest BCUT2D eigenvalue weighted by atomic mass is 16.2. The van der Waals surface area contributed by atoms with Gasteiger partial charge in [-0.3, -0.25) is 4.79 Å². The summed E-state index contributed by atoms with van der Waals surface area (Å²) < 4.78 is 0. The van der Waals surface area contributed by atoms with Gasteiger partial charge in [-0.25, -0.2) is 0 Å². The van der Waals surface area contributed by atoms with Crippen LogP contribution in [0.15, 0.2) is 0 Å². The summed E-state index contributed by atoms with van der Waals surface area (Å²) in [6, 6.07) is 0.904. The molecule has 2 fully saturated rings. The normalized spacial score (nSPS) is 30.8. The van der Waals surface area contributed by atoms with Crippen LogP contribution in [0.1, 0.15) is 71.6 Å². The van der Waals surface area contributed by atoms with Crippen molar-refractivity contribution in [3.63, 3.8) is 0 Å². The second-order valence-electron chi connectivity index (χ2n) is 6.60. The second-order valence-corrected chi connectivity index (χ2v) is 6.60. The number of hydrogen-bond donors (Lipinski definition) is 2. The van der Waals surface area contributed by atoms with Crippen LogP contribution in [0.5, 0.6) is 0 Å². The fourth-order valence-corrected chi connectivity index (χ4v) is 3.53. The molecule has 2 aliphatic carbocycles. The van der Waals surface area contributed by atoms with E-state index in [0.29, 0.717) is 18.0 Å². The SMILES string of the molecule is CC(NC1CCCCCC1C)C(=O)NC1CCCC1. The summed E-state index contributed by atoms with van der Waals surface area (Å²) in [5, 5.41) is 6.77. The van der Waals surface area contributed by atoms with Gasteiger partial charge in [0.1, 0.15) is 0 Å². The van der Waals surface area contributed by atoms with Crippen molar-refractivity contribution in [2.75, 3.05) is 0 Å². The van der Waals surface area contributed by atoms with E-state index in [1.54, 1.807) is 0 Å². The standard InChI is InChI=1S/C16H30N2O/c1-12-8-4-3-5-11-15(12)17-13(2)16(19)18-14-9-6-7-10-14/h12-15,17H,3-11H2,1-2H3,(H,18,19). The molecule has 3 unspecified atom stereocenters. The molecule has 0 saturated heterocycles. The molecule has 19 heavy (non-hydrogen) atoms. The third kappa shape index (κ3) is 4.48. The Balaban J connectivity index is 1.77. The van der Waals surface area contributed by atoms with Gasteiger partial charge in [-0.05, 0) is 38.5 Å². The lowest BCUT2D eigenvalue weighted by Crippen LogP contribution is -2.50. The molecular weight excluding hydrogens is 236 g/mol. The molecule has 0 aliphatic heterocycles. The van der Waals surface area contributed by atoms with E-state index in [1.165, 1.54) is 44.9 Å². The molecule has 3 nitrogen and oxygen atoms in total. The van der Waals surface area contributed by atoms with Gasteiger partial charge >= 0.3 is 0 Å². The van der Waals surface area contributed by atoms with E-state index in [2.05, 4.69) is 17.6 Å². The topological polar surface area (TPSA) is 41.1 Å². The maximum absolute atomic E-state index is 12.2. The van der Waals surface area contributed by atoms with Gasteiger partial charge in [0.25, 0.3) is 0 Å². The van der Waals surface area contributed by atoms with Crippen LogP contribution < -0.4 is 10.6 Å². The lowest BCUT2D eigenvalue weighted by atomic mass is 9.96. The average Bonchev–Trinajstić information content (AvgIpc) is 2.81. The molecule has 2 rings (SSSR count). The first-order valence-electron chi connectivity index (χ1n) is 8.23. The van der Waals surface area contributed by atoms with Crippen molar-refractivity contribution in [2.45, 2.75) is 89.8 Å². The van der Waals surface area contributed by atoms with Crippen molar-refractivity contribution >= 4 is 5.91 Å². The van der Waals surface area contributed by atoms with E-state index in [1.807, 2.05) is 6.92 Å². The van der Waals surface area contributed by atoms with Gasteiger partial charge in [0, 0.05) is 12.1 Å². The molecule has 2 aliphatic rings. The Hall–Kier alpha value is -0.570. The maximum atomic E-state index is 12.2. The largest absolute Gasteiger partial charge is 0.352 e. The lowest BCUT2D eigenvalue weighted by Gasteiger charge is -2.27. The minimum Gasteiger partial charge on any atom is -0.352 e. The predicted molar refractivity (Wildman–Crippen MR) is 79.0 cm³/mol. The molecule has 0 aromatic heterocycles. The van der Waals surface area contributed by atoms with Crippen molar-refractivity contribution in [3.8, 4) is 0 Å². The summed E-state index contributed by atoms with van der Waals surface area (Å²) in [5.74, 6) is 0.896. The Bertz CT molecular complexity index is 286. The Labute approximate surface area is 117 Å². The quantitative estimate of drug-likeness (QED) is 0.768. The summed E-state index contributed by atoms with van der Waals surface area (Å²) in [6.07, 6.45) is 11.4. The minimum atomic E-state index is -0.0499. The van der Waals surface area contributed by atoms with Gasteiger partial charge in [-0.15, -0.1) is 0 Å². The Morgan fingerprint density at radius 2 is 1.63 bits per heavy atom. The van der Waals surface area contributed by atoms with Gasteiger partial charge in [0.2, 0.25) is 5.91 Å². The smallest absolute Gasteiger partial charge is 0.237 e. The molecule has 0 radical (unpaired) electrons. The van der Waals surface area contributed by atoms with Crippen molar-refractivity contribution in [2.24, 2.45) is 5.92 Å². The number of hydrogen-bond acceptors (Lipinski definition) is 2. The fraction of sp³-hybridized carbons (Fsp3) is 0.938. The molecule has 1 amide bonds. The molecule has 0 heterocycles. The zero-order chi connectivity index (χ0) is 13.7. The number of carbonyl (C=O) groups is 1. The van der Waals surface area contributed by atoms with Crippen molar-refractivity contribution in [1.29, 1.82) is 0 Å². The van der Waals surface area contributed by atoms with Crippen molar-refractivity contribution in [1.82, 2.24) is 10.6 Å². The van der Waals surface area contributed by atoms with E-state index >= 15 is 0 Å². The number of nitrogens with one attached hydrogen (secondary N) is 2. The van der Waals surface area contributed by atoms with E-state index in [9.17, 15) is 4.79 Å². The lowest BCUT2D eigenvalue weighted by molar-refractivity contribution is -0.123. The Morgan fingerprint density at radius 3 is 2.37 bits per heavy atom. The highest BCUT2D eigenvalue weighted by Gasteiger charge is 2.25. The van der Waals surface area contributed by atoms with Crippen LogP contribution in [0.2, 0.25) is 0 Å². The molecule has 3 heteroatoms. The Morgan fingerprint density at radius 1 is 1.00 bits per heavy atom. The van der Waals surface area contributed by atoms with Crippen LogP contribution in [0.3, 0.4) is 0 Å². The van der Waals surface area contributed by atoms with E-state index < -0.39 is 0 Å². The van der Waals surface area contributed by atoms with Crippen molar-refractivity contribution in [3.05, 3.63) is 0 Å². The van der Waals surface area contributed by atoms with Crippen LogP contribution in [-0.2, 0) is 4.79 Å². The van der Waals surface area contributed by atoms with Crippen LogP contribution in [-0.4, -0.2) is 24.0 Å². The number of amides is 1. The third-order valence-electron chi connectivity index (χ3n) is 4.92. The average molecular weight is 266 g/mol. The summed E-state index contributed by atoms with van der Waals surface area (Å²) in [7, 11) is 0. The monoisotopic (exact) mass is 266 g/mol. The van der Waals surface area contributed by atoms with Crippen molar-refractivity contribution < 1.29 is 4.79 Å². The summed E-state index contributed by atoms with van der Waals surface area (Å²) >= 11 is 0. The highest BCUT2D eigenvalue weighted by Crippen LogP contribution is 2.23. The highest BCUT2D eigenvalue weighted by molar-refractivity contribution is 5.81. The number of rotatable bonds is 4. The summed E-state index contributed by atoms with van der Waals surface area (Å²) in [6.45, 7) is 4.34. The van der Waals surface area contributed by atoms with Crippen LogP contribution >= 0.6 is 0 Å². The fourth-order valence-electron chi connectivity index (χ4n) is 3.53. The van der Waals surface area contributed by atoms with E-state index in [0.717, 1.165) is 12.8 Å². The molecule has 0 spiro atoms. The van der Waals surface area contributed by atoms with Crippen LogP contribution in [0, 0.1) is 5.92 Å². The van der Waals surface area contributed by atoms with Gasteiger partial charge in [-0.1, -0.05) is 39.0 Å². The maximum Gasteiger partial charge on any atom is 0.237 e. The molecule has 0 aromatic rings. The molecule has 0 bridgehead atoms. The summed E-state index contributed by atoms with van der Waals surface area (Å²) in [4.78, 5) is 12.2. The molecule has 2 N–H and O–H groups in total. The van der Waals surface area contributed by atoms with E-state index in [4.69, 9.17) is 0 Å². The second kappa shape index (κ2) is 7.28. The third-order valence-corrected chi connectivity index (χ3v) is 4.92. The minimum absolute atomic E-state index is 0.0499. The molecule has 3 atom stereocenters. The number of carbonyl (C=O) groups excluding carboxylic acids is 1. The first kappa shape index (κ1) is 14.8. The van der Waals surface area contributed by atoms with Crippen LogP contribution in [0.4, 0.5) is 0 Å². The molecule has 110 valence electrons. The zero-order valence-electron chi connectivity index (χ0n) is 12.6. The first-order valence-corrected chi connectivity index (χ1v) is 8.23. The van der Waals surface area contributed by atoms with Gasteiger partial charge in [-0.2, -0.15) is 0 Å². The molecular formula is C16H30N2O. The van der Waals surface area contributed by atoms with Gasteiger partial charge in [0.05, 0.1) is 6.04 Å². The molecule has 0 aromatic carbocycles. The van der Waals surface area contributed by atoms with Gasteiger partial charge < -0.3 is 10.6 Å². The van der Waals surface area contributed by atoms with E-state index in [-0.39, 0.29) is 11.9 Å². The predicted octanol–water partition coefficient (Wildman–Crippen LogP) is 2.99. The van der Waals surface area contributed by atoms with Crippen LogP contribution in [0.25, 0.3) is 0 Å². The Kier molecular flexibility index (Phi) is 5.68. The zero-order valence-corrected chi connectivity index (χ0v) is 12.6. The first-order chi connectivity index (χ1) is 9.16. The molecule has 2 saturated carbocycles. The summed E-state index contributed by atoms with van der Waals surface area (Å²) in [5.41, 5.74) is 0.